The first-order valence-electron chi connectivity index (χ1n) is 5.64. The molecule has 1 rings (SSSR count). The largest absolute Gasteiger partial charge is 0.388 e. The minimum absolute atomic E-state index is 0.628. The zero-order chi connectivity index (χ0) is 12.8. The second kappa shape index (κ2) is 13.8. The van der Waals surface area contributed by atoms with E-state index >= 15 is 0 Å². The minimum Gasteiger partial charge on any atom is -0.388 e. The summed E-state index contributed by atoms with van der Waals surface area (Å²) in [4.78, 5) is 10.1. The van der Waals surface area contributed by atoms with Crippen molar-refractivity contribution in [3.05, 3.63) is 35.4 Å². The summed E-state index contributed by atoms with van der Waals surface area (Å²) in [6.07, 6.45) is 2.46. The van der Waals surface area contributed by atoms with E-state index in [0.717, 1.165) is 12.7 Å². The molecule has 0 aliphatic rings. The third-order valence-electron chi connectivity index (χ3n) is 1.63. The molecule has 0 bridgehead atoms. The zero-order valence-corrected chi connectivity index (χ0v) is 11.1. The van der Waals surface area contributed by atoms with Crippen LogP contribution in [0.3, 0.4) is 0 Å². The number of aryl methyl sites for hydroxylation is 2. The van der Waals surface area contributed by atoms with Gasteiger partial charge in [-0.25, -0.2) is 0 Å². The molecule has 0 radical (unpaired) electrons. The molecule has 2 heteroatoms. The van der Waals surface area contributed by atoms with Crippen molar-refractivity contribution in [1.29, 1.82) is 0 Å². The SMILES string of the molecule is CC.COC.Cc1cccc(CCC=O)c1. The van der Waals surface area contributed by atoms with E-state index < -0.39 is 0 Å². The molecular formula is C14H24O2. The van der Waals surface area contributed by atoms with Gasteiger partial charge in [0.05, 0.1) is 0 Å². The fourth-order valence-corrected chi connectivity index (χ4v) is 1.09. The Morgan fingerprint density at radius 2 is 1.81 bits per heavy atom. The molecule has 16 heavy (non-hydrogen) atoms. The molecule has 0 spiro atoms. The van der Waals surface area contributed by atoms with Gasteiger partial charge in [-0.15, -0.1) is 0 Å². The van der Waals surface area contributed by atoms with Crippen molar-refractivity contribution in [3.8, 4) is 0 Å². The van der Waals surface area contributed by atoms with Crippen molar-refractivity contribution in [3.63, 3.8) is 0 Å². The number of aldehydes is 1. The monoisotopic (exact) mass is 224 g/mol. The quantitative estimate of drug-likeness (QED) is 0.735. The number of benzene rings is 1. The van der Waals surface area contributed by atoms with E-state index in [-0.39, 0.29) is 0 Å². The topological polar surface area (TPSA) is 26.3 Å². The number of carbonyl (C=O) groups excluding carboxylic acids is 1. The highest BCUT2D eigenvalue weighted by Crippen LogP contribution is 2.05. The summed E-state index contributed by atoms with van der Waals surface area (Å²) in [5.41, 5.74) is 2.51. The third-order valence-corrected chi connectivity index (χ3v) is 1.63. The van der Waals surface area contributed by atoms with Crippen LogP contribution in [-0.4, -0.2) is 20.5 Å². The van der Waals surface area contributed by atoms with E-state index in [2.05, 4.69) is 29.9 Å². The van der Waals surface area contributed by atoms with Gasteiger partial charge in [-0.2, -0.15) is 0 Å². The lowest BCUT2D eigenvalue weighted by atomic mass is 10.1. The minimum atomic E-state index is 0.628. The van der Waals surface area contributed by atoms with Gasteiger partial charge < -0.3 is 9.53 Å². The number of hydrogen-bond donors (Lipinski definition) is 0. The highest BCUT2D eigenvalue weighted by Gasteiger charge is 1.91. The van der Waals surface area contributed by atoms with Crippen LogP contribution in [0.5, 0.6) is 0 Å². The highest BCUT2D eigenvalue weighted by atomic mass is 16.4. The maximum atomic E-state index is 10.1. The van der Waals surface area contributed by atoms with E-state index in [1.54, 1.807) is 14.2 Å². The average Bonchev–Trinajstić information content (AvgIpc) is 2.30. The number of carbonyl (C=O) groups is 1. The molecule has 0 aromatic heterocycles. The van der Waals surface area contributed by atoms with Gasteiger partial charge in [0, 0.05) is 20.6 Å². The van der Waals surface area contributed by atoms with Crippen LogP contribution in [0, 0.1) is 6.92 Å². The Balaban J connectivity index is 0. The Hall–Kier alpha value is -1.15. The van der Waals surface area contributed by atoms with Crippen LogP contribution in [0.25, 0.3) is 0 Å². The van der Waals surface area contributed by atoms with Crippen molar-refractivity contribution in [1.82, 2.24) is 0 Å². The molecule has 0 unspecified atom stereocenters. The van der Waals surface area contributed by atoms with Crippen molar-refractivity contribution < 1.29 is 9.53 Å². The molecule has 1 aromatic rings. The number of rotatable bonds is 3. The Kier molecular flexibility index (Phi) is 14.9. The van der Waals surface area contributed by atoms with Gasteiger partial charge >= 0.3 is 0 Å². The van der Waals surface area contributed by atoms with Crippen molar-refractivity contribution in [2.45, 2.75) is 33.6 Å². The van der Waals surface area contributed by atoms with Crippen molar-refractivity contribution in [2.24, 2.45) is 0 Å². The summed E-state index contributed by atoms with van der Waals surface area (Å²) in [5.74, 6) is 0. The van der Waals surface area contributed by atoms with E-state index in [1.807, 2.05) is 19.9 Å². The lowest BCUT2D eigenvalue weighted by Crippen LogP contribution is -1.85. The van der Waals surface area contributed by atoms with Crippen LogP contribution >= 0.6 is 0 Å². The van der Waals surface area contributed by atoms with Gasteiger partial charge in [0.15, 0.2) is 0 Å². The van der Waals surface area contributed by atoms with Gasteiger partial charge in [0.1, 0.15) is 6.29 Å². The van der Waals surface area contributed by atoms with E-state index in [9.17, 15) is 4.79 Å². The first-order chi connectivity index (χ1) is 7.74. The number of methoxy groups -OCH3 is 1. The average molecular weight is 224 g/mol. The van der Waals surface area contributed by atoms with E-state index in [0.29, 0.717) is 6.42 Å². The van der Waals surface area contributed by atoms with Crippen LogP contribution in [0.15, 0.2) is 24.3 Å². The van der Waals surface area contributed by atoms with Crippen molar-refractivity contribution >= 4 is 6.29 Å². The molecule has 2 nitrogen and oxygen atoms in total. The van der Waals surface area contributed by atoms with Gasteiger partial charge in [0.2, 0.25) is 0 Å². The molecule has 0 fully saturated rings. The molecule has 0 aliphatic carbocycles. The standard InChI is InChI=1S/C10H12O.C2H6O.C2H6/c1-9-4-2-5-10(8-9)6-3-7-11;1-3-2;1-2/h2,4-5,7-8H,3,6H2,1H3;1-2H3;1-2H3. The van der Waals surface area contributed by atoms with Crippen molar-refractivity contribution in [2.75, 3.05) is 14.2 Å². The smallest absolute Gasteiger partial charge is 0.120 e. The Labute approximate surface area is 99.6 Å². The molecule has 0 atom stereocenters. The molecule has 0 N–H and O–H groups in total. The molecular weight excluding hydrogens is 200 g/mol. The van der Waals surface area contributed by atoms with Crippen LogP contribution < -0.4 is 0 Å². The predicted molar refractivity (Wildman–Crippen MR) is 69.8 cm³/mol. The Morgan fingerprint density at radius 3 is 2.25 bits per heavy atom. The normalized spacial score (nSPS) is 8.06. The summed E-state index contributed by atoms with van der Waals surface area (Å²) in [6.45, 7) is 6.06. The Morgan fingerprint density at radius 1 is 1.25 bits per heavy atom. The van der Waals surface area contributed by atoms with E-state index in [1.165, 1.54) is 11.1 Å². The fraction of sp³-hybridized carbons (Fsp3) is 0.500. The van der Waals surface area contributed by atoms with Gasteiger partial charge in [0.25, 0.3) is 0 Å². The van der Waals surface area contributed by atoms with E-state index in [4.69, 9.17) is 0 Å². The molecule has 1 aromatic carbocycles. The number of ether oxygens (including phenoxy) is 1. The lowest BCUT2D eigenvalue weighted by Gasteiger charge is -1.97. The molecule has 0 amide bonds. The highest BCUT2D eigenvalue weighted by molar-refractivity contribution is 5.50. The molecule has 0 heterocycles. The Bertz CT molecular complexity index is 257. The van der Waals surface area contributed by atoms with Gasteiger partial charge in [-0.3, -0.25) is 0 Å². The lowest BCUT2D eigenvalue weighted by molar-refractivity contribution is -0.107. The second-order valence-corrected chi connectivity index (χ2v) is 3.10. The number of hydrogen-bond acceptors (Lipinski definition) is 2. The molecule has 0 saturated heterocycles. The van der Waals surface area contributed by atoms with Gasteiger partial charge in [-0.05, 0) is 18.9 Å². The van der Waals surface area contributed by atoms with Crippen LogP contribution in [-0.2, 0) is 16.0 Å². The first-order valence-corrected chi connectivity index (χ1v) is 5.64. The van der Waals surface area contributed by atoms with Gasteiger partial charge in [-0.1, -0.05) is 43.7 Å². The summed E-state index contributed by atoms with van der Waals surface area (Å²) >= 11 is 0. The second-order valence-electron chi connectivity index (χ2n) is 3.10. The summed E-state index contributed by atoms with van der Waals surface area (Å²) in [6, 6.07) is 8.25. The summed E-state index contributed by atoms with van der Waals surface area (Å²) < 4.78 is 4.25. The molecule has 92 valence electrons. The predicted octanol–water partition coefficient (Wildman–Crippen LogP) is 3.42. The fourth-order valence-electron chi connectivity index (χ4n) is 1.09. The molecule has 0 aliphatic heterocycles. The van der Waals surface area contributed by atoms with Crippen LogP contribution in [0.1, 0.15) is 31.4 Å². The maximum Gasteiger partial charge on any atom is 0.120 e. The first kappa shape index (κ1) is 17.3. The van der Waals surface area contributed by atoms with Crippen LogP contribution in [0.2, 0.25) is 0 Å². The summed E-state index contributed by atoms with van der Waals surface area (Å²) in [5, 5.41) is 0. The molecule has 0 saturated carbocycles. The maximum absolute atomic E-state index is 10.1. The third kappa shape index (κ3) is 10.9. The summed E-state index contributed by atoms with van der Waals surface area (Å²) in [7, 11) is 3.25. The van der Waals surface area contributed by atoms with Crippen LogP contribution in [0.4, 0.5) is 0 Å². The zero-order valence-electron chi connectivity index (χ0n) is 11.1.